The molecule has 3 aromatic rings. The Labute approximate surface area is 168 Å². The van der Waals surface area contributed by atoms with Crippen LogP contribution in [0.1, 0.15) is 48.7 Å². The second-order valence-corrected chi connectivity index (χ2v) is 7.03. The van der Waals surface area contributed by atoms with Gasteiger partial charge in [-0.15, -0.1) is 5.10 Å². The third kappa shape index (κ3) is 5.04. The SMILES string of the molecule is CCC(C)CC(NC(=O)c1cnc(-c2cccnn2)[nH]c1=O)c1ccc(N)cc1. The molecular weight excluding hydrogens is 368 g/mol. The van der Waals surface area contributed by atoms with Gasteiger partial charge in [-0.25, -0.2) is 4.98 Å². The minimum Gasteiger partial charge on any atom is -0.399 e. The van der Waals surface area contributed by atoms with Crippen LogP contribution in [0.3, 0.4) is 0 Å². The minimum atomic E-state index is -0.530. The number of aromatic amines is 1. The molecule has 1 aromatic carbocycles. The van der Waals surface area contributed by atoms with Crippen LogP contribution in [-0.4, -0.2) is 26.1 Å². The number of benzene rings is 1. The van der Waals surface area contributed by atoms with Gasteiger partial charge in [0.1, 0.15) is 11.3 Å². The van der Waals surface area contributed by atoms with Crippen LogP contribution in [0.25, 0.3) is 11.5 Å². The van der Waals surface area contributed by atoms with Gasteiger partial charge in [0.05, 0.1) is 6.04 Å². The maximum Gasteiger partial charge on any atom is 0.264 e. The molecule has 8 heteroatoms. The molecule has 2 atom stereocenters. The van der Waals surface area contributed by atoms with Crippen LogP contribution in [0.2, 0.25) is 0 Å². The number of nitrogens with zero attached hydrogens (tertiary/aromatic N) is 3. The predicted octanol–water partition coefficient (Wildman–Crippen LogP) is 2.72. The van der Waals surface area contributed by atoms with Gasteiger partial charge in [-0.2, -0.15) is 5.10 Å². The number of rotatable bonds is 7. The Bertz CT molecular complexity index is 1020. The summed E-state index contributed by atoms with van der Waals surface area (Å²) in [7, 11) is 0. The van der Waals surface area contributed by atoms with Crippen molar-refractivity contribution >= 4 is 11.6 Å². The number of nitrogens with one attached hydrogen (secondary N) is 2. The first kappa shape index (κ1) is 20.2. The normalized spacial score (nSPS) is 12.9. The van der Waals surface area contributed by atoms with Crippen LogP contribution in [0.15, 0.2) is 53.6 Å². The van der Waals surface area contributed by atoms with Gasteiger partial charge in [0.15, 0.2) is 5.82 Å². The third-order valence-corrected chi connectivity index (χ3v) is 4.84. The minimum absolute atomic E-state index is 0.0535. The summed E-state index contributed by atoms with van der Waals surface area (Å²) in [4.78, 5) is 32.0. The van der Waals surface area contributed by atoms with Crippen molar-refractivity contribution in [1.29, 1.82) is 0 Å². The highest BCUT2D eigenvalue weighted by Gasteiger charge is 2.20. The fourth-order valence-electron chi connectivity index (χ4n) is 2.93. The maximum absolute atomic E-state index is 12.8. The number of aromatic nitrogens is 4. The van der Waals surface area contributed by atoms with Crippen molar-refractivity contribution < 1.29 is 4.79 Å². The molecule has 0 bridgehead atoms. The Morgan fingerprint density at radius 2 is 2.00 bits per heavy atom. The highest BCUT2D eigenvalue weighted by Crippen LogP contribution is 2.24. The summed E-state index contributed by atoms with van der Waals surface area (Å²) in [6.07, 6.45) is 4.52. The average Bonchev–Trinajstić information content (AvgIpc) is 2.74. The molecule has 3 rings (SSSR count). The highest BCUT2D eigenvalue weighted by atomic mass is 16.2. The van der Waals surface area contributed by atoms with Gasteiger partial charge in [0.25, 0.3) is 11.5 Å². The Hall–Kier alpha value is -3.55. The second kappa shape index (κ2) is 9.09. The van der Waals surface area contributed by atoms with Crippen molar-refractivity contribution in [2.24, 2.45) is 5.92 Å². The first-order chi connectivity index (χ1) is 14.0. The maximum atomic E-state index is 12.8. The number of carbonyl (C=O) groups excluding carboxylic acids is 1. The highest BCUT2D eigenvalue weighted by molar-refractivity contribution is 5.93. The largest absolute Gasteiger partial charge is 0.399 e. The zero-order valence-corrected chi connectivity index (χ0v) is 16.4. The van der Waals surface area contributed by atoms with Gasteiger partial charge in [0.2, 0.25) is 0 Å². The molecule has 1 amide bonds. The first-order valence-corrected chi connectivity index (χ1v) is 9.51. The molecule has 2 aromatic heterocycles. The van der Waals surface area contributed by atoms with E-state index in [2.05, 4.69) is 39.3 Å². The predicted molar refractivity (Wildman–Crippen MR) is 111 cm³/mol. The monoisotopic (exact) mass is 392 g/mol. The van der Waals surface area contributed by atoms with Crippen molar-refractivity contribution in [3.63, 3.8) is 0 Å². The van der Waals surface area contributed by atoms with E-state index in [1.165, 1.54) is 12.4 Å². The molecule has 150 valence electrons. The Kier molecular flexibility index (Phi) is 6.33. The number of hydrogen-bond acceptors (Lipinski definition) is 6. The van der Waals surface area contributed by atoms with Crippen molar-refractivity contribution in [2.45, 2.75) is 32.7 Å². The lowest BCUT2D eigenvalue weighted by atomic mass is 9.94. The van der Waals surface area contributed by atoms with Crippen molar-refractivity contribution in [3.05, 3.63) is 70.3 Å². The molecular formula is C21H24N6O2. The quantitative estimate of drug-likeness (QED) is 0.531. The third-order valence-electron chi connectivity index (χ3n) is 4.84. The van der Waals surface area contributed by atoms with E-state index in [0.717, 1.165) is 18.4 Å². The standard InChI is InChI=1S/C21H24N6O2/c1-3-13(2)11-18(14-6-8-15(22)9-7-14)25-20(28)16-12-23-19(26-21(16)29)17-5-4-10-24-27-17/h4-10,12-13,18H,3,11,22H2,1-2H3,(H,25,28)(H,23,26,29). The van der Waals surface area contributed by atoms with E-state index in [0.29, 0.717) is 17.3 Å². The molecule has 0 radical (unpaired) electrons. The lowest BCUT2D eigenvalue weighted by Gasteiger charge is -2.22. The molecule has 8 nitrogen and oxygen atoms in total. The van der Waals surface area contributed by atoms with E-state index in [9.17, 15) is 9.59 Å². The molecule has 0 fully saturated rings. The van der Waals surface area contributed by atoms with E-state index in [1.807, 2.05) is 12.1 Å². The lowest BCUT2D eigenvalue weighted by molar-refractivity contribution is 0.0929. The van der Waals surface area contributed by atoms with Crippen LogP contribution >= 0.6 is 0 Å². The van der Waals surface area contributed by atoms with Gasteiger partial charge in [0, 0.05) is 18.1 Å². The Balaban J connectivity index is 1.83. The van der Waals surface area contributed by atoms with Crippen LogP contribution in [-0.2, 0) is 0 Å². The second-order valence-electron chi connectivity index (χ2n) is 7.03. The Morgan fingerprint density at radius 1 is 1.24 bits per heavy atom. The number of carbonyl (C=O) groups is 1. The fourth-order valence-corrected chi connectivity index (χ4v) is 2.93. The molecule has 0 saturated heterocycles. The molecule has 2 heterocycles. The smallest absolute Gasteiger partial charge is 0.264 e. The molecule has 29 heavy (non-hydrogen) atoms. The summed E-state index contributed by atoms with van der Waals surface area (Å²) in [6, 6.07) is 10.5. The van der Waals surface area contributed by atoms with Gasteiger partial charge in [-0.3, -0.25) is 9.59 Å². The number of hydrogen-bond donors (Lipinski definition) is 3. The lowest BCUT2D eigenvalue weighted by Crippen LogP contribution is -2.34. The van der Waals surface area contributed by atoms with Crippen LogP contribution in [0, 0.1) is 5.92 Å². The number of nitrogen functional groups attached to an aromatic ring is 1. The zero-order valence-electron chi connectivity index (χ0n) is 16.4. The molecule has 0 aliphatic heterocycles. The van der Waals surface area contributed by atoms with Crippen LogP contribution < -0.4 is 16.6 Å². The molecule has 0 aliphatic rings. The van der Waals surface area contributed by atoms with Crippen molar-refractivity contribution in [1.82, 2.24) is 25.5 Å². The van der Waals surface area contributed by atoms with E-state index in [1.54, 1.807) is 24.3 Å². The number of nitrogens with two attached hydrogens (primary N) is 1. The number of amides is 1. The summed E-state index contributed by atoms with van der Waals surface area (Å²) >= 11 is 0. The summed E-state index contributed by atoms with van der Waals surface area (Å²) in [5, 5.41) is 10.6. The molecule has 0 saturated carbocycles. The van der Waals surface area contributed by atoms with E-state index in [4.69, 9.17) is 5.73 Å². The van der Waals surface area contributed by atoms with Crippen molar-refractivity contribution in [2.75, 3.05) is 5.73 Å². The first-order valence-electron chi connectivity index (χ1n) is 9.51. The summed E-state index contributed by atoms with van der Waals surface area (Å²) < 4.78 is 0. The Morgan fingerprint density at radius 3 is 2.62 bits per heavy atom. The van der Waals surface area contributed by atoms with Gasteiger partial charge >= 0.3 is 0 Å². The van der Waals surface area contributed by atoms with E-state index < -0.39 is 11.5 Å². The number of H-pyrrole nitrogens is 1. The summed E-state index contributed by atoms with van der Waals surface area (Å²) in [6.45, 7) is 4.23. The topological polar surface area (TPSA) is 127 Å². The summed E-state index contributed by atoms with van der Waals surface area (Å²) in [5.41, 5.74) is 7.21. The molecule has 0 aliphatic carbocycles. The van der Waals surface area contributed by atoms with Gasteiger partial charge in [-0.1, -0.05) is 32.4 Å². The fraction of sp³-hybridized carbons (Fsp3) is 0.286. The van der Waals surface area contributed by atoms with Crippen LogP contribution in [0.4, 0.5) is 5.69 Å². The molecule has 4 N–H and O–H groups in total. The average molecular weight is 392 g/mol. The van der Waals surface area contributed by atoms with E-state index >= 15 is 0 Å². The number of anilines is 1. The van der Waals surface area contributed by atoms with Crippen LogP contribution in [0.5, 0.6) is 0 Å². The molecule has 0 spiro atoms. The zero-order chi connectivity index (χ0) is 20.8. The van der Waals surface area contributed by atoms with E-state index in [-0.39, 0.29) is 17.4 Å². The summed E-state index contributed by atoms with van der Waals surface area (Å²) in [5.74, 6) is 0.178. The van der Waals surface area contributed by atoms with Gasteiger partial charge in [-0.05, 0) is 42.2 Å². The molecule has 2 unspecified atom stereocenters. The van der Waals surface area contributed by atoms with Gasteiger partial charge < -0.3 is 16.0 Å². The van der Waals surface area contributed by atoms with Crippen molar-refractivity contribution in [3.8, 4) is 11.5 Å².